The summed E-state index contributed by atoms with van der Waals surface area (Å²) in [5.41, 5.74) is 0.473. The summed E-state index contributed by atoms with van der Waals surface area (Å²) in [6.07, 6.45) is 0.937. The SMILES string of the molecule is FC(F)(F)C1CCCCC1Nc1cnccc1Cl. The van der Waals surface area contributed by atoms with Crippen LogP contribution in [0.2, 0.25) is 5.02 Å². The zero-order valence-electron chi connectivity index (χ0n) is 9.67. The van der Waals surface area contributed by atoms with Crippen LogP contribution in [0.1, 0.15) is 25.7 Å². The van der Waals surface area contributed by atoms with Gasteiger partial charge in [-0.2, -0.15) is 13.2 Å². The van der Waals surface area contributed by atoms with Gasteiger partial charge in [-0.3, -0.25) is 4.98 Å². The van der Waals surface area contributed by atoms with E-state index in [2.05, 4.69) is 10.3 Å². The summed E-state index contributed by atoms with van der Waals surface area (Å²) in [5, 5.41) is 3.29. The van der Waals surface area contributed by atoms with Crippen molar-refractivity contribution in [3.63, 3.8) is 0 Å². The van der Waals surface area contributed by atoms with Gasteiger partial charge in [-0.1, -0.05) is 24.4 Å². The molecule has 0 radical (unpaired) electrons. The molecule has 2 unspecified atom stereocenters. The minimum atomic E-state index is -4.16. The fourth-order valence-corrected chi connectivity index (χ4v) is 2.54. The molecule has 1 N–H and O–H groups in total. The summed E-state index contributed by atoms with van der Waals surface area (Å²) in [5.74, 6) is -1.30. The normalized spacial score (nSPS) is 24.9. The van der Waals surface area contributed by atoms with Gasteiger partial charge in [0.1, 0.15) is 0 Å². The lowest BCUT2D eigenvalue weighted by Gasteiger charge is -2.34. The fourth-order valence-electron chi connectivity index (χ4n) is 2.38. The number of aromatic nitrogens is 1. The van der Waals surface area contributed by atoms with Crippen molar-refractivity contribution in [1.29, 1.82) is 0 Å². The van der Waals surface area contributed by atoms with E-state index in [1.807, 2.05) is 0 Å². The highest BCUT2D eigenvalue weighted by Gasteiger charge is 2.45. The van der Waals surface area contributed by atoms with Crippen molar-refractivity contribution in [3.8, 4) is 0 Å². The number of halogens is 4. The van der Waals surface area contributed by atoms with Crippen LogP contribution in [0.5, 0.6) is 0 Å². The molecular weight excluding hydrogens is 265 g/mol. The third-order valence-electron chi connectivity index (χ3n) is 3.30. The highest BCUT2D eigenvalue weighted by Crippen LogP contribution is 2.39. The number of alkyl halides is 3. The van der Waals surface area contributed by atoms with Crippen LogP contribution in [-0.4, -0.2) is 17.2 Å². The largest absolute Gasteiger partial charge is 0.393 e. The molecule has 2 atom stereocenters. The Labute approximate surface area is 109 Å². The first-order chi connectivity index (χ1) is 8.48. The number of rotatable bonds is 2. The lowest BCUT2D eigenvalue weighted by atomic mass is 9.84. The molecule has 1 heterocycles. The van der Waals surface area contributed by atoms with Crippen LogP contribution in [-0.2, 0) is 0 Å². The molecule has 1 aliphatic rings. The minimum Gasteiger partial charge on any atom is -0.379 e. The molecule has 18 heavy (non-hydrogen) atoms. The molecule has 1 aromatic rings. The van der Waals surface area contributed by atoms with Gasteiger partial charge in [-0.25, -0.2) is 0 Å². The van der Waals surface area contributed by atoms with Crippen molar-refractivity contribution in [1.82, 2.24) is 4.98 Å². The van der Waals surface area contributed by atoms with Crippen LogP contribution in [0.4, 0.5) is 18.9 Å². The van der Waals surface area contributed by atoms with Crippen molar-refractivity contribution in [2.24, 2.45) is 5.92 Å². The van der Waals surface area contributed by atoms with E-state index >= 15 is 0 Å². The molecule has 1 fully saturated rings. The Bertz CT molecular complexity index is 409. The molecule has 2 rings (SSSR count). The fraction of sp³-hybridized carbons (Fsp3) is 0.583. The molecule has 0 saturated heterocycles. The van der Waals surface area contributed by atoms with E-state index in [9.17, 15) is 13.2 Å². The Morgan fingerprint density at radius 2 is 2.00 bits per heavy atom. The number of nitrogens with one attached hydrogen (secondary N) is 1. The van der Waals surface area contributed by atoms with Crippen LogP contribution in [0.25, 0.3) is 0 Å². The van der Waals surface area contributed by atoms with Gasteiger partial charge >= 0.3 is 6.18 Å². The third-order valence-corrected chi connectivity index (χ3v) is 3.62. The summed E-state index contributed by atoms with van der Waals surface area (Å²) in [4.78, 5) is 3.87. The smallest absolute Gasteiger partial charge is 0.379 e. The highest BCUT2D eigenvalue weighted by molar-refractivity contribution is 6.33. The van der Waals surface area contributed by atoms with Gasteiger partial charge in [-0.05, 0) is 18.9 Å². The monoisotopic (exact) mass is 278 g/mol. The van der Waals surface area contributed by atoms with Crippen molar-refractivity contribution < 1.29 is 13.2 Å². The Balaban J connectivity index is 2.13. The van der Waals surface area contributed by atoms with E-state index in [0.717, 1.165) is 6.42 Å². The Kier molecular flexibility index (Phi) is 4.00. The van der Waals surface area contributed by atoms with Crippen LogP contribution >= 0.6 is 11.6 Å². The summed E-state index contributed by atoms with van der Waals surface area (Å²) < 4.78 is 38.7. The number of hydrogen-bond acceptors (Lipinski definition) is 2. The number of pyridine rings is 1. The molecule has 0 amide bonds. The third kappa shape index (κ3) is 3.07. The highest BCUT2D eigenvalue weighted by atomic mass is 35.5. The Hall–Kier alpha value is -0.970. The maximum atomic E-state index is 12.9. The van der Waals surface area contributed by atoms with Gasteiger partial charge in [0.2, 0.25) is 0 Å². The summed E-state index contributed by atoms with van der Waals surface area (Å²) >= 11 is 5.92. The molecule has 1 aliphatic carbocycles. The summed E-state index contributed by atoms with van der Waals surface area (Å²) in [6, 6.07) is 0.954. The average molecular weight is 279 g/mol. The van der Waals surface area contributed by atoms with Crippen LogP contribution < -0.4 is 5.32 Å². The molecular formula is C12H14ClF3N2. The van der Waals surface area contributed by atoms with E-state index < -0.39 is 18.1 Å². The van der Waals surface area contributed by atoms with E-state index in [0.29, 0.717) is 23.6 Å². The molecule has 0 aliphatic heterocycles. The summed E-state index contributed by atoms with van der Waals surface area (Å²) in [6.45, 7) is 0. The lowest BCUT2D eigenvalue weighted by molar-refractivity contribution is -0.184. The number of anilines is 1. The molecule has 1 saturated carbocycles. The molecule has 100 valence electrons. The molecule has 0 aromatic carbocycles. The maximum Gasteiger partial charge on any atom is 0.393 e. The number of nitrogens with zero attached hydrogens (tertiary/aromatic N) is 1. The Morgan fingerprint density at radius 3 is 2.67 bits per heavy atom. The first-order valence-corrected chi connectivity index (χ1v) is 6.29. The van der Waals surface area contributed by atoms with Crippen LogP contribution in [0.15, 0.2) is 18.5 Å². The number of hydrogen-bond donors (Lipinski definition) is 1. The molecule has 1 aromatic heterocycles. The molecule has 0 bridgehead atoms. The van der Waals surface area contributed by atoms with Gasteiger partial charge < -0.3 is 5.32 Å². The minimum absolute atomic E-state index is 0.180. The average Bonchev–Trinajstić information content (AvgIpc) is 2.31. The van der Waals surface area contributed by atoms with Gasteiger partial charge in [-0.15, -0.1) is 0 Å². The Morgan fingerprint density at radius 1 is 1.28 bits per heavy atom. The maximum absolute atomic E-state index is 12.9. The second kappa shape index (κ2) is 5.34. The van der Waals surface area contributed by atoms with E-state index in [-0.39, 0.29) is 6.42 Å². The van der Waals surface area contributed by atoms with Gasteiger partial charge in [0.05, 0.1) is 22.8 Å². The second-order valence-corrected chi connectivity index (χ2v) is 4.95. The second-order valence-electron chi connectivity index (χ2n) is 4.54. The van der Waals surface area contributed by atoms with Gasteiger partial charge in [0.15, 0.2) is 0 Å². The van der Waals surface area contributed by atoms with Crippen LogP contribution in [0.3, 0.4) is 0 Å². The standard InChI is InChI=1S/C12H14ClF3N2/c13-9-5-6-17-7-11(9)18-10-4-2-1-3-8(10)12(14,15)16/h5-8,10,18H,1-4H2. The molecule has 2 nitrogen and oxygen atoms in total. The predicted molar refractivity (Wildman–Crippen MR) is 64.7 cm³/mol. The zero-order chi connectivity index (χ0) is 13.2. The summed E-state index contributed by atoms with van der Waals surface area (Å²) in [7, 11) is 0. The van der Waals surface area contributed by atoms with E-state index in [1.54, 1.807) is 6.07 Å². The molecule has 6 heteroatoms. The first kappa shape index (κ1) is 13.5. The quantitative estimate of drug-likeness (QED) is 0.874. The molecule has 0 spiro atoms. The zero-order valence-corrected chi connectivity index (χ0v) is 10.4. The van der Waals surface area contributed by atoms with Crippen molar-refractivity contribution >= 4 is 17.3 Å². The van der Waals surface area contributed by atoms with E-state index in [4.69, 9.17) is 11.6 Å². The van der Waals surface area contributed by atoms with Crippen molar-refractivity contribution in [2.45, 2.75) is 37.9 Å². The first-order valence-electron chi connectivity index (χ1n) is 5.91. The predicted octanol–water partition coefficient (Wildman–Crippen LogP) is 4.27. The van der Waals surface area contributed by atoms with E-state index in [1.165, 1.54) is 12.4 Å². The topological polar surface area (TPSA) is 24.9 Å². The lowest BCUT2D eigenvalue weighted by Crippen LogP contribution is -2.41. The van der Waals surface area contributed by atoms with Crippen molar-refractivity contribution in [3.05, 3.63) is 23.5 Å². The van der Waals surface area contributed by atoms with Crippen molar-refractivity contribution in [2.75, 3.05) is 5.32 Å². The van der Waals surface area contributed by atoms with Crippen LogP contribution in [0, 0.1) is 5.92 Å². The van der Waals surface area contributed by atoms with Gasteiger partial charge in [0, 0.05) is 12.2 Å². The van der Waals surface area contributed by atoms with Gasteiger partial charge in [0.25, 0.3) is 0 Å².